The summed E-state index contributed by atoms with van der Waals surface area (Å²) in [5.74, 6) is 1.22. The molecule has 0 aliphatic heterocycles. The maximum absolute atomic E-state index is 5.73. The molecule has 1 heterocycles. The van der Waals surface area contributed by atoms with Crippen LogP contribution in [0.25, 0.3) is 0 Å². The van der Waals surface area contributed by atoms with Gasteiger partial charge in [-0.1, -0.05) is 28.1 Å². The fourth-order valence-electron chi connectivity index (χ4n) is 1.65. The molecule has 2 rings (SSSR count). The van der Waals surface area contributed by atoms with Gasteiger partial charge in [-0.05, 0) is 31.0 Å². The van der Waals surface area contributed by atoms with E-state index in [0.717, 1.165) is 28.8 Å². The highest BCUT2D eigenvalue weighted by molar-refractivity contribution is 9.09. The van der Waals surface area contributed by atoms with E-state index >= 15 is 0 Å². The van der Waals surface area contributed by atoms with Crippen molar-refractivity contribution >= 4 is 28.1 Å². The summed E-state index contributed by atoms with van der Waals surface area (Å²) in [6, 6.07) is 7.77. The number of benzene rings is 1. The van der Waals surface area contributed by atoms with Crippen LogP contribution in [0.4, 0.5) is 5.95 Å². The number of imidazole rings is 1. The highest BCUT2D eigenvalue weighted by Crippen LogP contribution is 2.13. The van der Waals surface area contributed by atoms with E-state index in [1.807, 2.05) is 31.2 Å². The lowest BCUT2D eigenvalue weighted by Crippen LogP contribution is -1.99. The lowest BCUT2D eigenvalue weighted by atomic mass is 10.2. The smallest absolute Gasteiger partial charge is 0.221 e. The van der Waals surface area contributed by atoms with Gasteiger partial charge in [-0.2, -0.15) is 5.10 Å². The largest absolute Gasteiger partial charge is 0.494 e. The van der Waals surface area contributed by atoms with Crippen LogP contribution >= 0.6 is 15.9 Å². The molecule has 0 atom stereocenters. The Labute approximate surface area is 126 Å². The zero-order chi connectivity index (χ0) is 14.4. The summed E-state index contributed by atoms with van der Waals surface area (Å²) in [5.41, 5.74) is 7.52. The monoisotopic (exact) mass is 336 g/mol. The zero-order valence-corrected chi connectivity index (χ0v) is 12.9. The molecule has 6 heteroatoms. The first-order valence-electron chi connectivity index (χ1n) is 6.33. The van der Waals surface area contributed by atoms with E-state index in [1.54, 1.807) is 17.1 Å². The van der Waals surface area contributed by atoms with Gasteiger partial charge >= 0.3 is 0 Å². The van der Waals surface area contributed by atoms with Crippen LogP contribution in [0.3, 0.4) is 0 Å². The summed E-state index contributed by atoms with van der Waals surface area (Å²) in [7, 11) is 0. The van der Waals surface area contributed by atoms with Crippen LogP contribution in [0.5, 0.6) is 5.75 Å². The normalized spacial score (nSPS) is 11.1. The highest BCUT2D eigenvalue weighted by atomic mass is 79.9. The van der Waals surface area contributed by atoms with Crippen LogP contribution in [0, 0.1) is 6.92 Å². The zero-order valence-electron chi connectivity index (χ0n) is 11.3. The number of nitrogen functional groups attached to an aromatic ring is 1. The molecule has 0 saturated carbocycles. The van der Waals surface area contributed by atoms with Gasteiger partial charge in [-0.25, -0.2) is 9.66 Å². The summed E-state index contributed by atoms with van der Waals surface area (Å²) in [4.78, 5) is 4.09. The van der Waals surface area contributed by atoms with Gasteiger partial charge in [0, 0.05) is 5.33 Å². The summed E-state index contributed by atoms with van der Waals surface area (Å²) in [5, 5.41) is 5.21. The molecule has 0 saturated heterocycles. The maximum Gasteiger partial charge on any atom is 0.221 e. The molecular weight excluding hydrogens is 320 g/mol. The van der Waals surface area contributed by atoms with Gasteiger partial charge in [0.2, 0.25) is 5.95 Å². The van der Waals surface area contributed by atoms with E-state index in [9.17, 15) is 0 Å². The molecule has 20 heavy (non-hydrogen) atoms. The minimum Gasteiger partial charge on any atom is -0.494 e. The predicted octanol–water partition coefficient (Wildman–Crippen LogP) is 2.82. The lowest BCUT2D eigenvalue weighted by Gasteiger charge is -2.05. The minimum atomic E-state index is 0.378. The molecule has 2 aromatic rings. The molecule has 2 N–H and O–H groups in total. The number of alkyl halides is 1. The molecule has 0 aliphatic carbocycles. The van der Waals surface area contributed by atoms with E-state index in [0.29, 0.717) is 12.6 Å². The Morgan fingerprint density at radius 2 is 2.35 bits per heavy atom. The number of rotatable bonds is 6. The Hall–Kier alpha value is -1.82. The first-order valence-corrected chi connectivity index (χ1v) is 7.46. The first-order chi connectivity index (χ1) is 9.69. The van der Waals surface area contributed by atoms with E-state index in [2.05, 4.69) is 26.0 Å². The molecule has 0 bridgehead atoms. The average Bonchev–Trinajstić information content (AvgIpc) is 2.76. The van der Waals surface area contributed by atoms with Gasteiger partial charge in [0.1, 0.15) is 5.75 Å². The standard InChI is InChI=1S/C14H17BrN4O/c1-11-10-19(14(16)18-11)17-9-12-4-2-5-13(8-12)20-7-3-6-15/h2,4-5,8-10H,3,6-7H2,1H3,(H2,16,18). The van der Waals surface area contributed by atoms with Crippen LogP contribution < -0.4 is 10.5 Å². The third-order valence-electron chi connectivity index (χ3n) is 2.57. The van der Waals surface area contributed by atoms with Crippen molar-refractivity contribution in [2.45, 2.75) is 13.3 Å². The van der Waals surface area contributed by atoms with Crippen molar-refractivity contribution in [3.05, 3.63) is 41.7 Å². The quantitative estimate of drug-likeness (QED) is 0.501. The average molecular weight is 337 g/mol. The predicted molar refractivity (Wildman–Crippen MR) is 84.7 cm³/mol. The van der Waals surface area contributed by atoms with Crippen molar-refractivity contribution in [1.29, 1.82) is 0 Å². The second-order valence-corrected chi connectivity index (χ2v) is 5.09. The minimum absolute atomic E-state index is 0.378. The molecule has 0 aliphatic rings. The van der Waals surface area contributed by atoms with Crippen LogP contribution in [-0.2, 0) is 0 Å². The fourth-order valence-corrected chi connectivity index (χ4v) is 1.88. The van der Waals surface area contributed by atoms with E-state index < -0.39 is 0 Å². The third kappa shape index (κ3) is 4.09. The van der Waals surface area contributed by atoms with Crippen molar-refractivity contribution in [1.82, 2.24) is 9.66 Å². The van der Waals surface area contributed by atoms with Crippen LogP contribution in [-0.4, -0.2) is 27.8 Å². The van der Waals surface area contributed by atoms with E-state index in [1.165, 1.54) is 0 Å². The van der Waals surface area contributed by atoms with Crippen LogP contribution in [0.15, 0.2) is 35.6 Å². The Morgan fingerprint density at radius 3 is 3.05 bits per heavy atom. The van der Waals surface area contributed by atoms with Crippen molar-refractivity contribution in [3.8, 4) is 5.75 Å². The molecule has 0 radical (unpaired) electrons. The van der Waals surface area contributed by atoms with Gasteiger partial charge in [0.25, 0.3) is 0 Å². The number of ether oxygens (including phenoxy) is 1. The number of aromatic nitrogens is 2. The summed E-state index contributed by atoms with van der Waals surface area (Å²) in [6.07, 6.45) is 4.49. The molecule has 5 nitrogen and oxygen atoms in total. The lowest BCUT2D eigenvalue weighted by molar-refractivity contribution is 0.319. The van der Waals surface area contributed by atoms with Gasteiger partial charge < -0.3 is 10.5 Å². The number of aryl methyl sites for hydroxylation is 1. The molecular formula is C14H17BrN4O. The van der Waals surface area contributed by atoms with Crippen molar-refractivity contribution in [3.63, 3.8) is 0 Å². The number of hydrogen-bond donors (Lipinski definition) is 1. The molecule has 0 spiro atoms. The van der Waals surface area contributed by atoms with Crippen molar-refractivity contribution in [2.75, 3.05) is 17.7 Å². The Kier molecular flexibility index (Phi) is 5.17. The van der Waals surface area contributed by atoms with Gasteiger partial charge in [0.05, 0.1) is 24.7 Å². The third-order valence-corrected chi connectivity index (χ3v) is 3.13. The SMILES string of the molecule is Cc1cn(N=Cc2cccc(OCCCBr)c2)c(N)n1. The summed E-state index contributed by atoms with van der Waals surface area (Å²) in [6.45, 7) is 2.57. The number of hydrogen-bond acceptors (Lipinski definition) is 4. The van der Waals surface area contributed by atoms with Gasteiger partial charge in [-0.15, -0.1) is 0 Å². The number of halogens is 1. The number of anilines is 1. The van der Waals surface area contributed by atoms with Gasteiger partial charge in [-0.3, -0.25) is 0 Å². The second kappa shape index (κ2) is 7.09. The molecule has 1 aromatic heterocycles. The van der Waals surface area contributed by atoms with E-state index in [4.69, 9.17) is 10.5 Å². The summed E-state index contributed by atoms with van der Waals surface area (Å²) < 4.78 is 7.18. The molecule has 1 aromatic carbocycles. The molecule has 0 amide bonds. The molecule has 106 valence electrons. The second-order valence-electron chi connectivity index (χ2n) is 4.29. The highest BCUT2D eigenvalue weighted by Gasteiger charge is 1.99. The topological polar surface area (TPSA) is 65.4 Å². The first kappa shape index (κ1) is 14.6. The Morgan fingerprint density at radius 1 is 1.50 bits per heavy atom. The van der Waals surface area contributed by atoms with Gasteiger partial charge in [0.15, 0.2) is 0 Å². The Balaban J connectivity index is 2.05. The summed E-state index contributed by atoms with van der Waals surface area (Å²) >= 11 is 3.38. The fraction of sp³-hybridized carbons (Fsp3) is 0.286. The number of nitrogens with two attached hydrogens (primary N) is 1. The maximum atomic E-state index is 5.73. The molecule has 0 unspecified atom stereocenters. The molecule has 0 fully saturated rings. The van der Waals surface area contributed by atoms with E-state index in [-0.39, 0.29) is 0 Å². The Bertz CT molecular complexity index is 595. The van der Waals surface area contributed by atoms with Crippen LogP contribution in [0.1, 0.15) is 17.7 Å². The van der Waals surface area contributed by atoms with Crippen LogP contribution in [0.2, 0.25) is 0 Å². The van der Waals surface area contributed by atoms with Crippen molar-refractivity contribution in [2.24, 2.45) is 5.10 Å². The van der Waals surface area contributed by atoms with Crippen molar-refractivity contribution < 1.29 is 4.74 Å². The number of nitrogens with zero attached hydrogens (tertiary/aromatic N) is 3.